The quantitative estimate of drug-likeness (QED) is 0.115. The summed E-state index contributed by atoms with van der Waals surface area (Å²) in [4.78, 5) is 63.7. The van der Waals surface area contributed by atoms with Crippen LogP contribution in [-0.2, 0) is 20.7 Å². The van der Waals surface area contributed by atoms with Gasteiger partial charge in [0, 0.05) is 37.3 Å². The molecule has 0 radical (unpaired) electrons. The second kappa shape index (κ2) is 18.5. The van der Waals surface area contributed by atoms with Gasteiger partial charge in [-0.05, 0) is 105 Å². The number of rotatable bonds is 12. The van der Waals surface area contributed by atoms with Crippen molar-refractivity contribution < 1.29 is 19.1 Å². The van der Waals surface area contributed by atoms with Crippen molar-refractivity contribution in [2.24, 2.45) is 0 Å². The molecule has 318 valence electrons. The maximum Gasteiger partial charge on any atom is 0.407 e. The van der Waals surface area contributed by atoms with E-state index >= 15 is 0 Å². The Balaban J connectivity index is 0.808. The molecule has 3 aromatic carbocycles. The van der Waals surface area contributed by atoms with Crippen molar-refractivity contribution in [3.8, 4) is 11.3 Å². The predicted molar refractivity (Wildman–Crippen MR) is 233 cm³/mol. The summed E-state index contributed by atoms with van der Waals surface area (Å²) in [5.41, 5.74) is 6.63. The molecule has 4 atom stereocenters. The molecule has 5 aromatic rings. The lowest BCUT2D eigenvalue weighted by atomic mass is 9.77. The molecule has 0 unspecified atom stereocenters. The first-order valence-electron chi connectivity index (χ1n) is 22.4. The number of aromatic nitrogens is 4. The molecule has 3 N–H and O–H groups in total. The van der Waals surface area contributed by atoms with Crippen LogP contribution in [0.15, 0.2) is 97.3 Å². The first-order chi connectivity index (χ1) is 29.9. The summed E-state index contributed by atoms with van der Waals surface area (Å²) < 4.78 is 4.87. The van der Waals surface area contributed by atoms with E-state index in [0.29, 0.717) is 24.8 Å². The van der Waals surface area contributed by atoms with Crippen molar-refractivity contribution in [1.82, 2.24) is 40.0 Å². The summed E-state index contributed by atoms with van der Waals surface area (Å²) in [6.07, 6.45) is 13.8. The standard InChI is InChI=1S/C49H58N8O4/c1-61-49(60)54-39(30-33-12-4-2-5-13-33)47(58)56-28-10-16-42(56)45-50-31-40(52-45)36-22-18-34(19-23-36)35-20-24-37(25-21-35)41-32-51-46(53-41)43-17-11-29-57(43)48(59)44(55-26-8-9-27-55)38-14-6-3-7-15-38/h2-7,12-15,20-21,24-25,31-32,34,36,39,42-44H,8-11,16-19,22-23,26-30H2,1H3,(H,50,52)(H,51,53)(H,54,60)/t34?,36?,39-,42+,43+,44-/m1/s1. The van der Waals surface area contributed by atoms with Crippen molar-refractivity contribution in [3.05, 3.63) is 131 Å². The Morgan fingerprint density at radius 1 is 0.689 bits per heavy atom. The number of nitrogens with one attached hydrogen (secondary N) is 3. The Labute approximate surface area is 358 Å². The lowest BCUT2D eigenvalue weighted by molar-refractivity contribution is -0.138. The summed E-state index contributed by atoms with van der Waals surface area (Å²) >= 11 is 0. The average molecular weight is 823 g/mol. The summed E-state index contributed by atoms with van der Waals surface area (Å²) in [5.74, 6) is 2.64. The largest absolute Gasteiger partial charge is 0.453 e. The van der Waals surface area contributed by atoms with Gasteiger partial charge in [-0.1, -0.05) is 84.9 Å². The normalized spacial score (nSPS) is 22.9. The number of methoxy groups -OCH3 is 1. The van der Waals surface area contributed by atoms with E-state index in [4.69, 9.17) is 14.7 Å². The highest BCUT2D eigenvalue weighted by Crippen LogP contribution is 2.42. The second-order valence-corrected chi connectivity index (χ2v) is 17.4. The van der Waals surface area contributed by atoms with Gasteiger partial charge in [0.25, 0.3) is 0 Å². The monoisotopic (exact) mass is 822 g/mol. The highest BCUT2D eigenvalue weighted by atomic mass is 16.5. The third kappa shape index (κ3) is 8.87. The summed E-state index contributed by atoms with van der Waals surface area (Å²) in [5, 5.41) is 2.78. The third-order valence-electron chi connectivity index (χ3n) is 13.7. The minimum Gasteiger partial charge on any atom is -0.453 e. The van der Waals surface area contributed by atoms with E-state index in [0.717, 1.165) is 124 Å². The van der Waals surface area contributed by atoms with Crippen molar-refractivity contribution in [2.75, 3.05) is 33.3 Å². The van der Waals surface area contributed by atoms with Crippen LogP contribution in [0.3, 0.4) is 0 Å². The number of carbonyl (C=O) groups excluding carboxylic acids is 3. The van der Waals surface area contributed by atoms with E-state index in [2.05, 4.69) is 61.5 Å². The van der Waals surface area contributed by atoms with Crippen LogP contribution in [0.25, 0.3) is 11.3 Å². The first kappa shape index (κ1) is 40.6. The summed E-state index contributed by atoms with van der Waals surface area (Å²) in [7, 11) is 1.32. The Morgan fingerprint density at radius 3 is 1.97 bits per heavy atom. The van der Waals surface area contributed by atoms with Crippen LogP contribution in [0, 0.1) is 0 Å². The minimum absolute atomic E-state index is 0.0531. The summed E-state index contributed by atoms with van der Waals surface area (Å²) in [6.45, 7) is 3.29. The molecular formula is C49H58N8O4. The van der Waals surface area contributed by atoms with Gasteiger partial charge in [0.2, 0.25) is 11.8 Å². The zero-order valence-electron chi connectivity index (χ0n) is 35.2. The van der Waals surface area contributed by atoms with Crippen LogP contribution in [-0.4, -0.2) is 91.9 Å². The lowest BCUT2D eigenvalue weighted by Gasteiger charge is -2.33. The molecule has 3 amide bonds. The molecule has 1 aliphatic carbocycles. The number of hydrogen-bond acceptors (Lipinski definition) is 7. The minimum atomic E-state index is -0.732. The van der Waals surface area contributed by atoms with Crippen LogP contribution in [0.1, 0.15) is 128 Å². The fourth-order valence-electron chi connectivity index (χ4n) is 10.4. The van der Waals surface area contributed by atoms with E-state index in [1.54, 1.807) is 0 Å². The van der Waals surface area contributed by atoms with Crippen LogP contribution in [0.2, 0.25) is 0 Å². The van der Waals surface area contributed by atoms with Gasteiger partial charge in [0.15, 0.2) is 0 Å². The topological polar surface area (TPSA) is 140 Å². The Kier molecular flexibility index (Phi) is 12.3. The van der Waals surface area contributed by atoms with Crippen molar-refractivity contribution in [1.29, 1.82) is 0 Å². The van der Waals surface area contributed by atoms with Crippen LogP contribution in [0.4, 0.5) is 4.79 Å². The number of carbonyl (C=O) groups is 3. The number of hydrogen-bond donors (Lipinski definition) is 3. The molecule has 4 aliphatic rings. The fourth-order valence-corrected chi connectivity index (χ4v) is 10.4. The van der Waals surface area contributed by atoms with Gasteiger partial charge in [-0.2, -0.15) is 0 Å². The Bertz CT molecular complexity index is 2240. The maximum absolute atomic E-state index is 14.3. The van der Waals surface area contributed by atoms with Crippen LogP contribution in [0.5, 0.6) is 0 Å². The Morgan fingerprint density at radius 2 is 1.30 bits per heavy atom. The molecule has 3 aliphatic heterocycles. The molecule has 5 heterocycles. The predicted octanol–water partition coefficient (Wildman–Crippen LogP) is 8.37. The number of ether oxygens (including phenoxy) is 1. The molecule has 9 rings (SSSR count). The molecule has 4 fully saturated rings. The molecule has 2 aromatic heterocycles. The van der Waals surface area contributed by atoms with Gasteiger partial charge in [0.05, 0.1) is 31.1 Å². The van der Waals surface area contributed by atoms with Gasteiger partial charge in [-0.15, -0.1) is 0 Å². The van der Waals surface area contributed by atoms with Crippen molar-refractivity contribution in [3.63, 3.8) is 0 Å². The first-order valence-corrected chi connectivity index (χ1v) is 22.4. The zero-order chi connectivity index (χ0) is 41.7. The number of alkyl carbamates (subject to hydrolysis) is 1. The van der Waals surface area contributed by atoms with E-state index in [9.17, 15) is 14.4 Å². The molecule has 3 saturated heterocycles. The van der Waals surface area contributed by atoms with Gasteiger partial charge in [0.1, 0.15) is 23.7 Å². The van der Waals surface area contributed by atoms with E-state index in [1.807, 2.05) is 65.8 Å². The second-order valence-electron chi connectivity index (χ2n) is 17.4. The average Bonchev–Trinajstić information content (AvgIpc) is 4.17. The van der Waals surface area contributed by atoms with E-state index in [-0.39, 0.29) is 29.9 Å². The molecular weight excluding hydrogens is 765 g/mol. The smallest absolute Gasteiger partial charge is 0.407 e. The third-order valence-corrected chi connectivity index (χ3v) is 13.7. The number of H-pyrrole nitrogens is 2. The number of aromatic amines is 2. The molecule has 12 heteroatoms. The Hall–Kier alpha value is -5.75. The number of amides is 3. The SMILES string of the molecule is COC(=O)N[C@H](Cc1ccccc1)C(=O)N1CCC[C@H]1c1ncc(C2CCC(c3ccc(-c4cnc([C@@H]5CCCN5C(=O)[C@@H](c5ccccc5)N5CCCC5)[nH]4)cc3)CC2)[nH]1. The summed E-state index contributed by atoms with van der Waals surface area (Å²) in [6, 6.07) is 27.8. The fraction of sp³-hybridized carbons (Fsp3) is 0.449. The van der Waals surface area contributed by atoms with Crippen molar-refractivity contribution in [2.45, 2.75) is 107 Å². The number of likely N-dealkylation sites (tertiary alicyclic amines) is 3. The van der Waals surface area contributed by atoms with Gasteiger partial charge in [-0.25, -0.2) is 14.8 Å². The molecule has 0 bridgehead atoms. The molecule has 0 spiro atoms. The van der Waals surface area contributed by atoms with Crippen LogP contribution < -0.4 is 5.32 Å². The van der Waals surface area contributed by atoms with E-state index in [1.165, 1.54) is 12.7 Å². The lowest BCUT2D eigenvalue weighted by Crippen LogP contribution is -2.49. The van der Waals surface area contributed by atoms with Gasteiger partial charge in [-0.3, -0.25) is 14.5 Å². The van der Waals surface area contributed by atoms with Crippen LogP contribution >= 0.6 is 0 Å². The number of imidazole rings is 2. The van der Waals surface area contributed by atoms with Gasteiger partial charge >= 0.3 is 6.09 Å². The molecule has 61 heavy (non-hydrogen) atoms. The number of benzene rings is 3. The molecule has 1 saturated carbocycles. The highest BCUT2D eigenvalue weighted by molar-refractivity contribution is 5.86. The zero-order valence-corrected chi connectivity index (χ0v) is 35.2. The van der Waals surface area contributed by atoms with Gasteiger partial charge < -0.3 is 29.8 Å². The molecule has 12 nitrogen and oxygen atoms in total. The highest BCUT2D eigenvalue weighted by Gasteiger charge is 2.40. The number of nitrogens with zero attached hydrogens (tertiary/aromatic N) is 5. The van der Waals surface area contributed by atoms with Crippen molar-refractivity contribution >= 4 is 17.9 Å². The van der Waals surface area contributed by atoms with E-state index < -0.39 is 12.1 Å². The maximum atomic E-state index is 14.3.